The van der Waals surface area contributed by atoms with Gasteiger partial charge >= 0.3 is 0 Å². The number of carbonyl (C=O) groups is 1. The van der Waals surface area contributed by atoms with Crippen molar-refractivity contribution < 1.29 is 4.79 Å². The summed E-state index contributed by atoms with van der Waals surface area (Å²) in [5.41, 5.74) is 3.89. The first-order valence-corrected chi connectivity index (χ1v) is 8.98. The number of aromatic nitrogens is 2. The fraction of sp³-hybridized carbons (Fsp3) is 0.263. The lowest BCUT2D eigenvalue weighted by molar-refractivity contribution is 0.0963. The first kappa shape index (κ1) is 16.7. The van der Waals surface area contributed by atoms with Crippen molar-refractivity contribution >= 4 is 39.8 Å². The largest absolute Gasteiger partial charge is 0.368 e. The summed E-state index contributed by atoms with van der Waals surface area (Å²) >= 11 is 6.26. The van der Waals surface area contributed by atoms with Gasteiger partial charge in [0.25, 0.3) is 5.91 Å². The van der Waals surface area contributed by atoms with Gasteiger partial charge in [-0.1, -0.05) is 11.6 Å². The summed E-state index contributed by atoms with van der Waals surface area (Å²) in [6, 6.07) is 11.7. The van der Waals surface area contributed by atoms with Crippen LogP contribution in [0.5, 0.6) is 0 Å². The highest BCUT2D eigenvalue weighted by atomic mass is 35.5. The molecule has 0 saturated carbocycles. The van der Waals surface area contributed by atoms with E-state index >= 15 is 0 Å². The summed E-state index contributed by atoms with van der Waals surface area (Å²) in [5.74, 6) is -0.0635. The summed E-state index contributed by atoms with van der Waals surface area (Å²) < 4.78 is 0. The lowest BCUT2D eigenvalue weighted by atomic mass is 10.1. The summed E-state index contributed by atoms with van der Waals surface area (Å²) in [6.07, 6.45) is 1.85. The van der Waals surface area contributed by atoms with Crippen LogP contribution in [-0.4, -0.2) is 49.3 Å². The van der Waals surface area contributed by atoms with Crippen molar-refractivity contribution in [1.82, 2.24) is 15.5 Å². The zero-order valence-corrected chi connectivity index (χ0v) is 15.3. The van der Waals surface area contributed by atoms with Gasteiger partial charge in [0, 0.05) is 60.6 Å². The first-order valence-electron chi connectivity index (χ1n) is 8.60. The molecule has 6 nitrogen and oxygen atoms in total. The van der Waals surface area contributed by atoms with Crippen LogP contribution in [0.4, 0.5) is 11.4 Å². The van der Waals surface area contributed by atoms with Crippen LogP contribution in [0.25, 0.3) is 10.9 Å². The number of hydrogen-bond donors (Lipinski definition) is 2. The SMILES string of the molecule is CNC(=O)c1ccc(N2CCN(c3cc(Cl)cc4[nH]ncc34)CC2)cc1. The van der Waals surface area contributed by atoms with Crippen molar-refractivity contribution in [2.24, 2.45) is 0 Å². The molecule has 1 fully saturated rings. The second-order valence-electron chi connectivity index (χ2n) is 6.36. The van der Waals surface area contributed by atoms with Gasteiger partial charge in [-0.05, 0) is 36.4 Å². The minimum absolute atomic E-state index is 0.0635. The zero-order chi connectivity index (χ0) is 18.1. The summed E-state index contributed by atoms with van der Waals surface area (Å²) in [7, 11) is 1.64. The lowest BCUT2D eigenvalue weighted by Gasteiger charge is -2.37. The Hall–Kier alpha value is -2.73. The molecule has 7 heteroatoms. The highest BCUT2D eigenvalue weighted by Crippen LogP contribution is 2.31. The molecule has 0 spiro atoms. The number of aromatic amines is 1. The van der Waals surface area contributed by atoms with E-state index < -0.39 is 0 Å². The van der Waals surface area contributed by atoms with Crippen LogP contribution < -0.4 is 15.1 Å². The van der Waals surface area contributed by atoms with Crippen molar-refractivity contribution in [3.05, 3.63) is 53.2 Å². The van der Waals surface area contributed by atoms with E-state index in [1.807, 2.05) is 42.6 Å². The molecule has 2 heterocycles. The molecular formula is C19H20ClN5O. The Kier molecular flexibility index (Phi) is 4.42. The number of hydrogen-bond acceptors (Lipinski definition) is 4. The Labute approximate surface area is 156 Å². The molecule has 4 rings (SSSR count). The maximum Gasteiger partial charge on any atom is 0.251 e. The smallest absolute Gasteiger partial charge is 0.251 e. The van der Waals surface area contributed by atoms with Crippen molar-refractivity contribution in [1.29, 1.82) is 0 Å². The number of H-pyrrole nitrogens is 1. The van der Waals surface area contributed by atoms with E-state index in [0.717, 1.165) is 48.5 Å². The predicted octanol–water partition coefficient (Wildman–Crippen LogP) is 2.90. The number of benzene rings is 2. The topological polar surface area (TPSA) is 64.3 Å². The van der Waals surface area contributed by atoms with E-state index in [-0.39, 0.29) is 5.91 Å². The van der Waals surface area contributed by atoms with Crippen LogP contribution in [0.2, 0.25) is 5.02 Å². The first-order chi connectivity index (χ1) is 12.7. The molecule has 2 aromatic carbocycles. The zero-order valence-electron chi connectivity index (χ0n) is 14.5. The maximum atomic E-state index is 11.7. The number of nitrogens with one attached hydrogen (secondary N) is 2. The van der Waals surface area contributed by atoms with E-state index in [1.165, 1.54) is 0 Å². The highest BCUT2D eigenvalue weighted by Gasteiger charge is 2.20. The van der Waals surface area contributed by atoms with E-state index in [4.69, 9.17) is 11.6 Å². The molecule has 1 aromatic heterocycles. The van der Waals surface area contributed by atoms with E-state index in [9.17, 15) is 4.79 Å². The minimum atomic E-state index is -0.0635. The van der Waals surface area contributed by atoms with Crippen molar-refractivity contribution in [2.45, 2.75) is 0 Å². The molecule has 3 aromatic rings. The maximum absolute atomic E-state index is 11.7. The fourth-order valence-corrected chi connectivity index (χ4v) is 3.65. The van der Waals surface area contributed by atoms with Gasteiger partial charge in [-0.25, -0.2) is 0 Å². The Balaban J connectivity index is 1.48. The average molecular weight is 370 g/mol. The molecule has 26 heavy (non-hydrogen) atoms. The molecule has 1 aliphatic heterocycles. The molecule has 0 aliphatic carbocycles. The second-order valence-corrected chi connectivity index (χ2v) is 6.79. The number of nitrogens with zero attached hydrogens (tertiary/aromatic N) is 3. The van der Waals surface area contributed by atoms with Gasteiger partial charge in [-0.3, -0.25) is 9.89 Å². The molecule has 0 bridgehead atoms. The highest BCUT2D eigenvalue weighted by molar-refractivity contribution is 6.31. The molecule has 2 N–H and O–H groups in total. The van der Waals surface area contributed by atoms with E-state index in [0.29, 0.717) is 10.6 Å². The number of amides is 1. The van der Waals surface area contributed by atoms with Crippen LogP contribution in [0.1, 0.15) is 10.4 Å². The number of halogens is 1. The fourth-order valence-electron chi connectivity index (χ4n) is 3.43. The van der Waals surface area contributed by atoms with Gasteiger partial charge in [0.05, 0.1) is 11.7 Å². The van der Waals surface area contributed by atoms with E-state index in [2.05, 4.69) is 25.3 Å². The molecular weight excluding hydrogens is 350 g/mol. The molecule has 0 atom stereocenters. The molecule has 1 amide bonds. The average Bonchev–Trinajstić information content (AvgIpc) is 3.15. The molecule has 1 aliphatic rings. The normalized spacial score (nSPS) is 14.7. The third-order valence-corrected chi connectivity index (χ3v) is 5.06. The van der Waals surface area contributed by atoms with Gasteiger partial charge in [-0.15, -0.1) is 0 Å². The number of fused-ring (bicyclic) bond motifs is 1. The van der Waals surface area contributed by atoms with Gasteiger partial charge in [-0.2, -0.15) is 5.10 Å². The van der Waals surface area contributed by atoms with Crippen molar-refractivity contribution in [3.8, 4) is 0 Å². The van der Waals surface area contributed by atoms with Crippen LogP contribution >= 0.6 is 11.6 Å². The molecule has 1 saturated heterocycles. The van der Waals surface area contributed by atoms with Gasteiger partial charge in [0.15, 0.2) is 0 Å². The standard InChI is InChI=1S/C19H20ClN5O/c1-21-19(26)13-2-4-15(5-3-13)24-6-8-25(9-7-24)18-11-14(20)10-17-16(18)12-22-23-17/h2-5,10-12H,6-9H2,1H3,(H,21,26)(H,22,23). The van der Waals surface area contributed by atoms with Crippen LogP contribution in [-0.2, 0) is 0 Å². The Morgan fingerprint density at radius 1 is 1.12 bits per heavy atom. The van der Waals surface area contributed by atoms with E-state index in [1.54, 1.807) is 7.05 Å². The van der Waals surface area contributed by atoms with Gasteiger partial charge in [0.2, 0.25) is 0 Å². The number of carbonyl (C=O) groups excluding carboxylic acids is 1. The summed E-state index contributed by atoms with van der Waals surface area (Å²) in [6.45, 7) is 3.62. The minimum Gasteiger partial charge on any atom is -0.368 e. The van der Waals surface area contributed by atoms with Crippen LogP contribution in [0, 0.1) is 0 Å². The third-order valence-electron chi connectivity index (χ3n) is 4.84. The van der Waals surface area contributed by atoms with Gasteiger partial charge < -0.3 is 15.1 Å². The monoisotopic (exact) mass is 369 g/mol. The lowest BCUT2D eigenvalue weighted by Crippen LogP contribution is -2.46. The Bertz CT molecular complexity index is 929. The number of anilines is 2. The third kappa shape index (κ3) is 3.08. The van der Waals surface area contributed by atoms with Crippen LogP contribution in [0.3, 0.4) is 0 Å². The second kappa shape index (κ2) is 6.88. The summed E-state index contributed by atoms with van der Waals surface area (Å²) in [5, 5.41) is 11.6. The van der Waals surface area contributed by atoms with Crippen molar-refractivity contribution in [2.75, 3.05) is 43.0 Å². The predicted molar refractivity (Wildman–Crippen MR) is 105 cm³/mol. The summed E-state index contributed by atoms with van der Waals surface area (Å²) in [4.78, 5) is 16.3. The number of piperazine rings is 1. The molecule has 0 unspecified atom stereocenters. The number of rotatable bonds is 3. The van der Waals surface area contributed by atoms with Gasteiger partial charge in [0.1, 0.15) is 0 Å². The molecule has 0 radical (unpaired) electrons. The van der Waals surface area contributed by atoms with Crippen LogP contribution in [0.15, 0.2) is 42.6 Å². The Morgan fingerprint density at radius 3 is 2.50 bits per heavy atom. The van der Waals surface area contributed by atoms with Crippen molar-refractivity contribution in [3.63, 3.8) is 0 Å². The molecule has 134 valence electrons. The Morgan fingerprint density at radius 2 is 1.81 bits per heavy atom. The quantitative estimate of drug-likeness (QED) is 0.745.